The van der Waals surface area contributed by atoms with E-state index in [4.69, 9.17) is 0 Å². The lowest BCUT2D eigenvalue weighted by Gasteiger charge is -2.33. The topological polar surface area (TPSA) is 15.3 Å². The molecule has 2 aliphatic rings. The molecule has 1 aromatic rings. The maximum Gasteiger partial charge on any atom is 0.0400 e. The monoisotopic (exact) mass is 280 g/mol. The summed E-state index contributed by atoms with van der Waals surface area (Å²) in [5, 5.41) is 3.50. The summed E-state index contributed by atoms with van der Waals surface area (Å²) in [5.41, 5.74) is 2.80. The van der Waals surface area contributed by atoms with Gasteiger partial charge in [-0.2, -0.15) is 0 Å². The van der Waals surface area contributed by atoms with Crippen LogP contribution in [0.3, 0.4) is 0 Å². The lowest BCUT2D eigenvalue weighted by Crippen LogP contribution is -2.31. The van der Waals surface area contributed by atoms with Gasteiger partial charge in [0.15, 0.2) is 0 Å². The number of anilines is 1. The zero-order valence-electron chi connectivity index (χ0n) is 9.38. The molecule has 1 aromatic carbocycles. The van der Waals surface area contributed by atoms with Crippen molar-refractivity contribution in [1.29, 1.82) is 0 Å². The summed E-state index contributed by atoms with van der Waals surface area (Å²) in [6, 6.07) is 7.29. The molecule has 2 aliphatic heterocycles. The van der Waals surface area contributed by atoms with Crippen LogP contribution in [0, 0.1) is 0 Å². The van der Waals surface area contributed by atoms with Gasteiger partial charge in [-0.25, -0.2) is 0 Å². The third-order valence-corrected chi connectivity index (χ3v) is 4.18. The second kappa shape index (κ2) is 4.38. The van der Waals surface area contributed by atoms with E-state index in [0.717, 1.165) is 6.54 Å². The van der Waals surface area contributed by atoms with Gasteiger partial charge in [0.25, 0.3) is 0 Å². The van der Waals surface area contributed by atoms with Gasteiger partial charge >= 0.3 is 0 Å². The second-order valence-electron chi connectivity index (χ2n) is 4.71. The number of nitrogens with one attached hydrogen (secondary N) is 1. The molecule has 0 aliphatic carbocycles. The molecule has 0 radical (unpaired) electrons. The molecule has 1 saturated heterocycles. The molecule has 2 nitrogen and oxygen atoms in total. The van der Waals surface area contributed by atoms with E-state index in [9.17, 15) is 0 Å². The van der Waals surface area contributed by atoms with Crippen LogP contribution in [-0.4, -0.2) is 24.5 Å². The Morgan fingerprint density at radius 2 is 2.06 bits per heavy atom. The maximum atomic E-state index is 3.54. The summed E-state index contributed by atoms with van der Waals surface area (Å²) >= 11 is 3.54. The third-order valence-electron chi connectivity index (χ3n) is 3.69. The van der Waals surface area contributed by atoms with Crippen LogP contribution in [0.5, 0.6) is 0 Å². The van der Waals surface area contributed by atoms with Crippen LogP contribution in [-0.2, 0) is 0 Å². The van der Waals surface area contributed by atoms with Crippen molar-refractivity contribution in [2.24, 2.45) is 0 Å². The molecule has 1 N–H and O–H groups in total. The SMILES string of the molecule is Brc1ccc2c(c1)NCCC2N1CCCC1. The Hall–Kier alpha value is -0.540. The first kappa shape index (κ1) is 10.6. The lowest BCUT2D eigenvalue weighted by atomic mass is 9.97. The number of fused-ring (bicyclic) bond motifs is 1. The summed E-state index contributed by atoms with van der Waals surface area (Å²) in [4.78, 5) is 2.65. The molecule has 0 bridgehead atoms. The molecule has 0 aromatic heterocycles. The van der Waals surface area contributed by atoms with Crippen LogP contribution >= 0.6 is 15.9 Å². The minimum Gasteiger partial charge on any atom is -0.385 e. The van der Waals surface area contributed by atoms with Gasteiger partial charge in [-0.15, -0.1) is 0 Å². The molecule has 16 heavy (non-hydrogen) atoms. The van der Waals surface area contributed by atoms with Crippen LogP contribution in [0.4, 0.5) is 5.69 Å². The third kappa shape index (κ3) is 1.87. The summed E-state index contributed by atoms with van der Waals surface area (Å²) in [6.45, 7) is 3.66. The van der Waals surface area contributed by atoms with Crippen molar-refractivity contribution >= 4 is 21.6 Å². The van der Waals surface area contributed by atoms with Gasteiger partial charge in [0, 0.05) is 22.7 Å². The Kier molecular flexibility index (Phi) is 2.90. The highest BCUT2D eigenvalue weighted by molar-refractivity contribution is 9.10. The zero-order chi connectivity index (χ0) is 11.0. The molecule has 0 amide bonds. The Labute approximate surface area is 105 Å². The van der Waals surface area contributed by atoms with Gasteiger partial charge in [0.05, 0.1) is 0 Å². The van der Waals surface area contributed by atoms with Crippen molar-refractivity contribution < 1.29 is 0 Å². The molecular formula is C13H17BrN2. The molecule has 3 rings (SSSR count). The molecule has 3 heteroatoms. The number of rotatable bonds is 1. The quantitative estimate of drug-likeness (QED) is 0.848. The van der Waals surface area contributed by atoms with Crippen molar-refractivity contribution in [2.75, 3.05) is 25.0 Å². The minimum absolute atomic E-state index is 0.645. The van der Waals surface area contributed by atoms with Crippen molar-refractivity contribution in [3.05, 3.63) is 28.2 Å². The zero-order valence-corrected chi connectivity index (χ0v) is 11.0. The fourth-order valence-corrected chi connectivity index (χ4v) is 3.26. The van der Waals surface area contributed by atoms with Gasteiger partial charge in [0.1, 0.15) is 0 Å². The van der Waals surface area contributed by atoms with Crippen LogP contribution in [0.2, 0.25) is 0 Å². The maximum absolute atomic E-state index is 3.54. The predicted molar refractivity (Wildman–Crippen MR) is 70.8 cm³/mol. The highest BCUT2D eigenvalue weighted by Gasteiger charge is 2.27. The molecule has 2 heterocycles. The average molecular weight is 281 g/mol. The lowest BCUT2D eigenvalue weighted by molar-refractivity contribution is 0.234. The predicted octanol–water partition coefficient (Wildman–Crippen LogP) is 3.40. The first-order chi connectivity index (χ1) is 7.84. The van der Waals surface area contributed by atoms with Crippen LogP contribution in [0.1, 0.15) is 30.9 Å². The molecule has 1 atom stereocenters. The highest BCUT2D eigenvalue weighted by atomic mass is 79.9. The van der Waals surface area contributed by atoms with Crippen LogP contribution in [0.15, 0.2) is 22.7 Å². The van der Waals surface area contributed by atoms with E-state index < -0.39 is 0 Å². The molecule has 0 saturated carbocycles. The molecular weight excluding hydrogens is 264 g/mol. The van der Waals surface area contributed by atoms with E-state index in [-0.39, 0.29) is 0 Å². The number of nitrogens with zero attached hydrogens (tertiary/aromatic N) is 1. The Balaban J connectivity index is 1.93. The fourth-order valence-electron chi connectivity index (χ4n) is 2.90. The second-order valence-corrected chi connectivity index (χ2v) is 5.62. The van der Waals surface area contributed by atoms with E-state index in [1.54, 1.807) is 0 Å². The number of halogens is 1. The largest absolute Gasteiger partial charge is 0.385 e. The summed E-state index contributed by atoms with van der Waals surface area (Å²) in [7, 11) is 0. The van der Waals surface area contributed by atoms with E-state index in [0.29, 0.717) is 6.04 Å². The molecule has 0 spiro atoms. The smallest absolute Gasteiger partial charge is 0.0400 e. The normalized spacial score (nSPS) is 25.2. The van der Waals surface area contributed by atoms with E-state index in [1.165, 1.54) is 48.1 Å². The van der Waals surface area contributed by atoms with Crippen molar-refractivity contribution in [3.63, 3.8) is 0 Å². The molecule has 1 unspecified atom stereocenters. The summed E-state index contributed by atoms with van der Waals surface area (Å²) < 4.78 is 1.17. The number of hydrogen-bond donors (Lipinski definition) is 1. The van der Waals surface area contributed by atoms with E-state index in [2.05, 4.69) is 44.3 Å². The Morgan fingerprint density at radius 1 is 1.25 bits per heavy atom. The first-order valence-electron chi connectivity index (χ1n) is 6.12. The number of likely N-dealkylation sites (tertiary alicyclic amines) is 1. The summed E-state index contributed by atoms with van der Waals surface area (Å²) in [6.07, 6.45) is 3.99. The number of hydrogen-bond acceptors (Lipinski definition) is 2. The van der Waals surface area contributed by atoms with Crippen molar-refractivity contribution in [1.82, 2.24) is 4.90 Å². The Bertz CT molecular complexity index is 386. The number of benzene rings is 1. The van der Waals surface area contributed by atoms with Gasteiger partial charge in [-0.3, -0.25) is 4.90 Å². The Morgan fingerprint density at radius 3 is 2.88 bits per heavy atom. The van der Waals surface area contributed by atoms with E-state index in [1.807, 2.05) is 0 Å². The fraction of sp³-hybridized carbons (Fsp3) is 0.538. The van der Waals surface area contributed by atoms with Gasteiger partial charge in [0.2, 0.25) is 0 Å². The first-order valence-corrected chi connectivity index (χ1v) is 6.91. The molecule has 1 fully saturated rings. The van der Waals surface area contributed by atoms with Gasteiger partial charge in [-0.1, -0.05) is 22.0 Å². The standard InChI is InChI=1S/C13H17BrN2/c14-10-3-4-11-12(9-10)15-6-5-13(11)16-7-1-2-8-16/h3-4,9,13,15H,1-2,5-8H2. The van der Waals surface area contributed by atoms with E-state index >= 15 is 0 Å². The van der Waals surface area contributed by atoms with Gasteiger partial charge < -0.3 is 5.32 Å². The van der Waals surface area contributed by atoms with Crippen molar-refractivity contribution in [3.8, 4) is 0 Å². The van der Waals surface area contributed by atoms with Gasteiger partial charge in [-0.05, 0) is 50.0 Å². The minimum atomic E-state index is 0.645. The average Bonchev–Trinajstić information content (AvgIpc) is 2.81. The van der Waals surface area contributed by atoms with Crippen LogP contribution < -0.4 is 5.32 Å². The van der Waals surface area contributed by atoms with Crippen LogP contribution in [0.25, 0.3) is 0 Å². The van der Waals surface area contributed by atoms with Crippen molar-refractivity contribution in [2.45, 2.75) is 25.3 Å². The molecule has 86 valence electrons. The highest BCUT2D eigenvalue weighted by Crippen LogP contribution is 2.37. The summed E-state index contributed by atoms with van der Waals surface area (Å²) in [5.74, 6) is 0.